The van der Waals surface area contributed by atoms with Crippen molar-refractivity contribution in [3.63, 3.8) is 0 Å². The van der Waals surface area contributed by atoms with E-state index >= 15 is 0 Å². The van der Waals surface area contributed by atoms with Crippen molar-refractivity contribution in [2.45, 2.75) is 43.2 Å². The number of hydrogen-bond acceptors (Lipinski definition) is 2. The van der Waals surface area contributed by atoms with Gasteiger partial charge in [0.1, 0.15) is 0 Å². The van der Waals surface area contributed by atoms with Gasteiger partial charge in [-0.25, -0.2) is 0 Å². The Morgan fingerprint density at radius 3 is 2.63 bits per heavy atom. The summed E-state index contributed by atoms with van der Waals surface area (Å²) in [4.78, 5) is 0. The van der Waals surface area contributed by atoms with Crippen molar-refractivity contribution >= 4 is 17.4 Å². The zero-order chi connectivity index (χ0) is 13.9. The van der Waals surface area contributed by atoms with Crippen molar-refractivity contribution in [1.82, 2.24) is 0 Å². The molecule has 1 aliphatic rings. The second kappa shape index (κ2) is 6.07. The van der Waals surface area contributed by atoms with E-state index in [0.29, 0.717) is 5.25 Å². The van der Waals surface area contributed by atoms with E-state index in [1.54, 1.807) is 6.07 Å². The molecular formula is C14H18F3NS. The highest BCUT2D eigenvalue weighted by Gasteiger charge is 2.34. The van der Waals surface area contributed by atoms with Gasteiger partial charge in [-0.05, 0) is 37.7 Å². The summed E-state index contributed by atoms with van der Waals surface area (Å²) >= 11 is 1.81. The Hall–Kier alpha value is -0.840. The molecule has 0 amide bonds. The van der Waals surface area contributed by atoms with Gasteiger partial charge in [-0.15, -0.1) is 0 Å². The fourth-order valence-corrected chi connectivity index (χ4v) is 3.39. The summed E-state index contributed by atoms with van der Waals surface area (Å²) in [6.07, 6.45) is 1.90. The van der Waals surface area contributed by atoms with Crippen molar-refractivity contribution in [3.8, 4) is 0 Å². The van der Waals surface area contributed by atoms with Gasteiger partial charge in [0.2, 0.25) is 0 Å². The predicted octanol–water partition coefficient (Wildman–Crippen LogP) is 4.79. The van der Waals surface area contributed by atoms with Crippen molar-refractivity contribution in [1.29, 1.82) is 0 Å². The quantitative estimate of drug-likeness (QED) is 0.858. The van der Waals surface area contributed by atoms with Gasteiger partial charge in [-0.1, -0.05) is 18.6 Å². The minimum absolute atomic E-state index is 0.148. The van der Waals surface area contributed by atoms with Crippen molar-refractivity contribution in [2.24, 2.45) is 0 Å². The van der Waals surface area contributed by atoms with Crippen LogP contribution in [0.1, 0.15) is 31.2 Å². The van der Waals surface area contributed by atoms with Crippen LogP contribution in [0.25, 0.3) is 0 Å². The molecule has 0 saturated heterocycles. The largest absolute Gasteiger partial charge is 0.418 e. The first kappa shape index (κ1) is 14.6. The highest BCUT2D eigenvalue weighted by atomic mass is 32.2. The molecule has 2 atom stereocenters. The topological polar surface area (TPSA) is 12.0 Å². The Morgan fingerprint density at radius 2 is 1.95 bits per heavy atom. The number of para-hydroxylation sites is 1. The molecular weight excluding hydrogens is 271 g/mol. The number of benzene rings is 1. The number of hydrogen-bond donors (Lipinski definition) is 1. The minimum atomic E-state index is -4.29. The molecule has 0 aromatic heterocycles. The second-order valence-electron chi connectivity index (χ2n) is 4.91. The molecule has 1 aliphatic carbocycles. The van der Waals surface area contributed by atoms with Crippen molar-refractivity contribution in [2.75, 3.05) is 11.6 Å². The van der Waals surface area contributed by atoms with Crippen molar-refractivity contribution < 1.29 is 13.2 Å². The Balaban J connectivity index is 2.11. The van der Waals surface area contributed by atoms with E-state index in [0.717, 1.165) is 25.3 Å². The van der Waals surface area contributed by atoms with E-state index in [4.69, 9.17) is 0 Å². The SMILES string of the molecule is CSC1CCCC(Nc2ccccc2C(F)(F)F)C1. The molecule has 2 rings (SSSR count). The molecule has 0 radical (unpaired) electrons. The molecule has 0 aliphatic heterocycles. The summed E-state index contributed by atoms with van der Waals surface area (Å²) in [5.41, 5.74) is -0.358. The first-order valence-electron chi connectivity index (χ1n) is 6.46. The smallest absolute Gasteiger partial charge is 0.382 e. The van der Waals surface area contributed by atoms with Crippen LogP contribution in [0.5, 0.6) is 0 Å². The van der Waals surface area contributed by atoms with Crippen LogP contribution in [0.15, 0.2) is 24.3 Å². The maximum absolute atomic E-state index is 12.9. The number of thioether (sulfide) groups is 1. The average molecular weight is 289 g/mol. The molecule has 1 aromatic rings. The normalized spacial score (nSPS) is 24.2. The third kappa shape index (κ3) is 3.81. The van der Waals surface area contributed by atoms with Crippen molar-refractivity contribution in [3.05, 3.63) is 29.8 Å². The van der Waals surface area contributed by atoms with E-state index in [2.05, 4.69) is 11.6 Å². The zero-order valence-corrected chi connectivity index (χ0v) is 11.7. The minimum Gasteiger partial charge on any atom is -0.382 e. The van der Waals surface area contributed by atoms with Gasteiger partial charge in [0, 0.05) is 17.0 Å². The molecule has 1 fully saturated rings. The van der Waals surface area contributed by atoms with E-state index in [-0.39, 0.29) is 11.7 Å². The van der Waals surface area contributed by atoms with Crippen LogP contribution in [0.4, 0.5) is 18.9 Å². The van der Waals surface area contributed by atoms with Crippen LogP contribution in [0, 0.1) is 0 Å². The van der Waals surface area contributed by atoms with Gasteiger partial charge in [-0.2, -0.15) is 24.9 Å². The van der Waals surface area contributed by atoms with Crippen LogP contribution < -0.4 is 5.32 Å². The monoisotopic (exact) mass is 289 g/mol. The van der Waals surface area contributed by atoms with Crippen LogP contribution in [0.2, 0.25) is 0 Å². The first-order chi connectivity index (χ1) is 9.00. The molecule has 1 aromatic carbocycles. The second-order valence-corrected chi connectivity index (χ2v) is 6.05. The molecule has 0 heterocycles. The van der Waals surface area contributed by atoms with Gasteiger partial charge >= 0.3 is 6.18 Å². The first-order valence-corrected chi connectivity index (χ1v) is 7.75. The summed E-state index contributed by atoms with van der Waals surface area (Å²) in [7, 11) is 0. The highest BCUT2D eigenvalue weighted by molar-refractivity contribution is 7.99. The maximum atomic E-state index is 12.9. The lowest BCUT2D eigenvalue weighted by Gasteiger charge is -2.30. The average Bonchev–Trinajstić information content (AvgIpc) is 2.38. The molecule has 1 saturated carbocycles. The molecule has 2 unspecified atom stereocenters. The number of halogens is 3. The molecule has 5 heteroatoms. The van der Waals surface area contributed by atoms with Crippen LogP contribution in [-0.2, 0) is 6.18 Å². The summed E-state index contributed by atoms with van der Waals surface area (Å²) in [6.45, 7) is 0. The van der Waals surface area contributed by atoms with Gasteiger partial charge in [0.25, 0.3) is 0 Å². The lowest BCUT2D eigenvalue weighted by Crippen LogP contribution is -2.29. The number of anilines is 1. The Labute approximate surface area is 116 Å². The van der Waals surface area contributed by atoms with E-state index in [1.165, 1.54) is 18.6 Å². The maximum Gasteiger partial charge on any atom is 0.418 e. The van der Waals surface area contributed by atoms with E-state index in [9.17, 15) is 13.2 Å². The molecule has 0 bridgehead atoms. The van der Waals surface area contributed by atoms with Gasteiger partial charge in [-0.3, -0.25) is 0 Å². The summed E-state index contributed by atoms with van der Waals surface area (Å²) < 4.78 is 38.7. The lowest BCUT2D eigenvalue weighted by atomic mass is 9.94. The van der Waals surface area contributed by atoms with Gasteiger partial charge < -0.3 is 5.32 Å². The third-order valence-corrected chi connectivity index (χ3v) is 4.65. The van der Waals surface area contributed by atoms with Gasteiger partial charge in [0.05, 0.1) is 5.56 Å². The molecule has 106 valence electrons. The molecule has 0 spiro atoms. The lowest BCUT2D eigenvalue weighted by molar-refractivity contribution is -0.137. The molecule has 1 nitrogen and oxygen atoms in total. The predicted molar refractivity (Wildman–Crippen MR) is 74.6 cm³/mol. The van der Waals surface area contributed by atoms with Gasteiger partial charge in [0.15, 0.2) is 0 Å². The summed E-state index contributed by atoms with van der Waals surface area (Å²) in [5, 5.41) is 3.65. The summed E-state index contributed by atoms with van der Waals surface area (Å²) in [5.74, 6) is 0. The number of alkyl halides is 3. The Morgan fingerprint density at radius 1 is 1.21 bits per heavy atom. The third-order valence-electron chi connectivity index (χ3n) is 3.55. The van der Waals surface area contributed by atoms with Crippen LogP contribution in [0.3, 0.4) is 0 Å². The van der Waals surface area contributed by atoms with Crippen LogP contribution >= 0.6 is 11.8 Å². The Kier molecular flexibility index (Phi) is 4.66. The zero-order valence-electron chi connectivity index (χ0n) is 10.8. The molecule has 19 heavy (non-hydrogen) atoms. The standard InChI is InChI=1S/C14H18F3NS/c1-19-11-6-4-5-10(9-11)18-13-8-3-2-7-12(13)14(15,16)17/h2-3,7-8,10-11,18H,4-6,9H2,1H3. The fourth-order valence-electron chi connectivity index (χ4n) is 2.57. The summed E-state index contributed by atoms with van der Waals surface area (Å²) in [6, 6.07) is 5.88. The van der Waals surface area contributed by atoms with E-state index in [1.807, 2.05) is 11.8 Å². The highest BCUT2D eigenvalue weighted by Crippen LogP contribution is 2.36. The van der Waals surface area contributed by atoms with Crippen LogP contribution in [-0.4, -0.2) is 17.5 Å². The Bertz CT molecular complexity index is 419. The number of nitrogens with one attached hydrogen (secondary N) is 1. The number of rotatable bonds is 3. The molecule has 1 N–H and O–H groups in total. The fraction of sp³-hybridized carbons (Fsp3) is 0.571. The van der Waals surface area contributed by atoms with E-state index < -0.39 is 11.7 Å².